The number of aryl methyl sites for hydroxylation is 3. The molecular weight excluding hydrogens is 234 g/mol. The third-order valence-electron chi connectivity index (χ3n) is 4.24. The first-order chi connectivity index (χ1) is 9.11. The molecule has 2 nitrogen and oxygen atoms in total. The third-order valence-corrected chi connectivity index (χ3v) is 4.24. The molecule has 1 heterocycles. The van der Waals surface area contributed by atoms with Crippen LogP contribution in [0.3, 0.4) is 0 Å². The maximum Gasteiger partial charge on any atom is 0.0576 e. The lowest BCUT2D eigenvalue weighted by atomic mass is 9.91. The first-order valence-corrected chi connectivity index (χ1v) is 7.48. The summed E-state index contributed by atoms with van der Waals surface area (Å²) in [5.41, 5.74) is 5.65. The van der Waals surface area contributed by atoms with Gasteiger partial charge in [-0.2, -0.15) is 0 Å². The quantitative estimate of drug-likeness (QED) is 0.869. The van der Waals surface area contributed by atoms with Gasteiger partial charge < -0.3 is 10.1 Å². The molecule has 2 atom stereocenters. The molecule has 1 aliphatic heterocycles. The van der Waals surface area contributed by atoms with Crippen LogP contribution in [0.1, 0.15) is 54.0 Å². The molecule has 1 N–H and O–H groups in total. The number of hydrogen-bond acceptors (Lipinski definition) is 2. The molecule has 2 unspecified atom stereocenters. The van der Waals surface area contributed by atoms with E-state index in [2.05, 4.69) is 45.3 Å². The number of nitrogens with one attached hydrogen (secondary N) is 1. The smallest absolute Gasteiger partial charge is 0.0576 e. The maximum absolute atomic E-state index is 5.74. The normalized spacial score (nSPS) is 20.7. The molecule has 2 rings (SSSR count). The third kappa shape index (κ3) is 3.58. The molecule has 1 aliphatic rings. The van der Waals surface area contributed by atoms with Gasteiger partial charge in [0.15, 0.2) is 0 Å². The van der Waals surface area contributed by atoms with Gasteiger partial charge in [-0.1, -0.05) is 17.7 Å². The zero-order chi connectivity index (χ0) is 13.8. The lowest BCUT2D eigenvalue weighted by Gasteiger charge is -2.23. The van der Waals surface area contributed by atoms with Gasteiger partial charge in [0.25, 0.3) is 0 Å². The van der Waals surface area contributed by atoms with E-state index in [1.807, 2.05) is 0 Å². The summed E-state index contributed by atoms with van der Waals surface area (Å²) < 4.78 is 5.74. The molecule has 1 fully saturated rings. The molecule has 0 spiro atoms. The van der Waals surface area contributed by atoms with Crippen molar-refractivity contribution >= 4 is 0 Å². The van der Waals surface area contributed by atoms with Gasteiger partial charge >= 0.3 is 0 Å². The van der Waals surface area contributed by atoms with Crippen LogP contribution in [0.5, 0.6) is 0 Å². The molecule has 0 bridgehead atoms. The lowest BCUT2D eigenvalue weighted by molar-refractivity contribution is 0.0998. The summed E-state index contributed by atoms with van der Waals surface area (Å²) in [4.78, 5) is 0. The van der Waals surface area contributed by atoms with Crippen LogP contribution < -0.4 is 5.32 Å². The Hall–Kier alpha value is -0.860. The van der Waals surface area contributed by atoms with Crippen molar-refractivity contribution in [2.45, 2.75) is 58.6 Å². The number of benzene rings is 1. The fourth-order valence-corrected chi connectivity index (χ4v) is 3.40. The van der Waals surface area contributed by atoms with Crippen molar-refractivity contribution in [1.82, 2.24) is 5.32 Å². The van der Waals surface area contributed by atoms with Crippen molar-refractivity contribution in [3.8, 4) is 0 Å². The first-order valence-electron chi connectivity index (χ1n) is 7.48. The van der Waals surface area contributed by atoms with E-state index in [0.717, 1.165) is 19.4 Å². The van der Waals surface area contributed by atoms with Gasteiger partial charge in [-0.3, -0.25) is 0 Å². The van der Waals surface area contributed by atoms with Crippen LogP contribution in [0.25, 0.3) is 0 Å². The van der Waals surface area contributed by atoms with Crippen molar-refractivity contribution in [1.29, 1.82) is 0 Å². The standard InChI is InChI=1S/C17H27NO/c1-12-10-13(2)17(14(3)11-12)16(18-4)8-7-15-6-5-9-19-15/h10-11,15-16,18H,5-9H2,1-4H3. The Morgan fingerprint density at radius 1 is 1.26 bits per heavy atom. The van der Waals surface area contributed by atoms with Crippen molar-refractivity contribution in [3.05, 3.63) is 34.4 Å². The predicted octanol–water partition coefficient (Wildman–Crippen LogP) is 3.83. The summed E-state index contributed by atoms with van der Waals surface area (Å²) in [5.74, 6) is 0. The lowest BCUT2D eigenvalue weighted by Crippen LogP contribution is -2.20. The molecule has 0 amide bonds. The predicted molar refractivity (Wildman–Crippen MR) is 80.7 cm³/mol. The average molecular weight is 261 g/mol. The Balaban J connectivity index is 2.08. The Kier molecular flexibility index (Phi) is 5.00. The molecule has 1 saturated heterocycles. The van der Waals surface area contributed by atoms with Crippen LogP contribution in [-0.2, 0) is 4.74 Å². The van der Waals surface area contributed by atoms with Gasteiger partial charge in [-0.05, 0) is 70.2 Å². The minimum Gasteiger partial charge on any atom is -0.378 e. The van der Waals surface area contributed by atoms with E-state index in [1.54, 1.807) is 0 Å². The topological polar surface area (TPSA) is 21.3 Å². The van der Waals surface area contributed by atoms with Gasteiger partial charge in [0, 0.05) is 12.6 Å². The second kappa shape index (κ2) is 6.53. The fraction of sp³-hybridized carbons (Fsp3) is 0.647. The van der Waals surface area contributed by atoms with E-state index in [1.165, 1.54) is 35.1 Å². The minimum atomic E-state index is 0.449. The molecule has 1 aromatic rings. The Morgan fingerprint density at radius 3 is 2.47 bits per heavy atom. The van der Waals surface area contributed by atoms with E-state index < -0.39 is 0 Å². The SMILES string of the molecule is CNC(CCC1CCCO1)c1c(C)cc(C)cc1C. The van der Waals surface area contributed by atoms with Gasteiger partial charge in [0.1, 0.15) is 0 Å². The first kappa shape index (κ1) is 14.5. The fourth-order valence-electron chi connectivity index (χ4n) is 3.40. The molecule has 0 radical (unpaired) electrons. The van der Waals surface area contributed by atoms with Crippen molar-refractivity contribution in [3.63, 3.8) is 0 Å². The average Bonchev–Trinajstić information content (AvgIpc) is 2.85. The van der Waals surface area contributed by atoms with Crippen molar-refractivity contribution in [2.24, 2.45) is 0 Å². The molecule has 2 heteroatoms. The van der Waals surface area contributed by atoms with Gasteiger partial charge in [0.2, 0.25) is 0 Å². The van der Waals surface area contributed by atoms with E-state index in [-0.39, 0.29) is 0 Å². The molecule has 19 heavy (non-hydrogen) atoms. The van der Waals surface area contributed by atoms with Gasteiger partial charge in [-0.15, -0.1) is 0 Å². The molecule has 0 saturated carbocycles. The molecule has 0 aliphatic carbocycles. The highest BCUT2D eigenvalue weighted by atomic mass is 16.5. The monoisotopic (exact) mass is 261 g/mol. The van der Waals surface area contributed by atoms with Gasteiger partial charge in [-0.25, -0.2) is 0 Å². The second-order valence-corrected chi connectivity index (χ2v) is 5.87. The molecule has 1 aromatic carbocycles. The van der Waals surface area contributed by atoms with Crippen molar-refractivity contribution in [2.75, 3.05) is 13.7 Å². The summed E-state index contributed by atoms with van der Waals surface area (Å²) >= 11 is 0. The second-order valence-electron chi connectivity index (χ2n) is 5.87. The van der Waals surface area contributed by atoms with Crippen molar-refractivity contribution < 1.29 is 4.74 Å². The number of hydrogen-bond donors (Lipinski definition) is 1. The maximum atomic E-state index is 5.74. The zero-order valence-corrected chi connectivity index (χ0v) is 12.8. The summed E-state index contributed by atoms with van der Waals surface area (Å²) in [5, 5.41) is 3.49. The van der Waals surface area contributed by atoms with Crippen LogP contribution >= 0.6 is 0 Å². The van der Waals surface area contributed by atoms with E-state index >= 15 is 0 Å². The molecule has 0 aromatic heterocycles. The minimum absolute atomic E-state index is 0.449. The molecule has 106 valence electrons. The highest BCUT2D eigenvalue weighted by Gasteiger charge is 2.20. The van der Waals surface area contributed by atoms with Crippen LogP contribution in [0.2, 0.25) is 0 Å². The van der Waals surface area contributed by atoms with Crippen LogP contribution in [0, 0.1) is 20.8 Å². The zero-order valence-electron chi connectivity index (χ0n) is 12.8. The van der Waals surface area contributed by atoms with Crippen LogP contribution in [0.4, 0.5) is 0 Å². The van der Waals surface area contributed by atoms with E-state index in [0.29, 0.717) is 12.1 Å². The van der Waals surface area contributed by atoms with Crippen LogP contribution in [-0.4, -0.2) is 19.8 Å². The highest BCUT2D eigenvalue weighted by molar-refractivity contribution is 5.39. The summed E-state index contributed by atoms with van der Waals surface area (Å²) in [6.07, 6.45) is 5.28. The van der Waals surface area contributed by atoms with Gasteiger partial charge in [0.05, 0.1) is 6.10 Å². The number of ether oxygens (including phenoxy) is 1. The van der Waals surface area contributed by atoms with E-state index in [9.17, 15) is 0 Å². The number of rotatable bonds is 5. The Morgan fingerprint density at radius 2 is 1.95 bits per heavy atom. The highest BCUT2D eigenvalue weighted by Crippen LogP contribution is 2.28. The Bertz CT molecular complexity index is 398. The largest absolute Gasteiger partial charge is 0.378 e. The molecular formula is C17H27NO. The summed E-state index contributed by atoms with van der Waals surface area (Å²) in [6.45, 7) is 7.58. The summed E-state index contributed by atoms with van der Waals surface area (Å²) in [7, 11) is 2.07. The summed E-state index contributed by atoms with van der Waals surface area (Å²) in [6, 6.07) is 5.03. The van der Waals surface area contributed by atoms with Crippen LogP contribution in [0.15, 0.2) is 12.1 Å². The van der Waals surface area contributed by atoms with E-state index in [4.69, 9.17) is 4.74 Å². The Labute approximate surface area is 117 Å².